The molecule has 0 spiro atoms. The Morgan fingerprint density at radius 1 is 1.12 bits per heavy atom. The summed E-state index contributed by atoms with van der Waals surface area (Å²) in [6.07, 6.45) is 4.05. The maximum Gasteiger partial charge on any atom is 0.248 e. The molecule has 1 N–H and O–H groups in total. The summed E-state index contributed by atoms with van der Waals surface area (Å²) in [6.45, 7) is 7.43. The van der Waals surface area contributed by atoms with Gasteiger partial charge >= 0.3 is 0 Å². The second-order valence-electron chi connectivity index (χ2n) is 10.9. The van der Waals surface area contributed by atoms with Gasteiger partial charge in [0.25, 0.3) is 0 Å². The number of nitrogens with zero attached hydrogens (tertiary/aromatic N) is 6. The molecule has 0 bridgehead atoms. The summed E-state index contributed by atoms with van der Waals surface area (Å²) in [5, 5.41) is 8.07. The molecule has 1 aromatic carbocycles. The molecule has 4 aromatic rings. The number of aromatic nitrogens is 5. The van der Waals surface area contributed by atoms with E-state index in [1.165, 1.54) is 6.92 Å². The molecule has 204 valence electrons. The van der Waals surface area contributed by atoms with Crippen LogP contribution in [0.3, 0.4) is 0 Å². The third-order valence-electron chi connectivity index (χ3n) is 8.39. The van der Waals surface area contributed by atoms with Crippen molar-refractivity contribution < 1.29 is 14.4 Å². The lowest BCUT2D eigenvalue weighted by atomic mass is 9.98. The van der Waals surface area contributed by atoms with Gasteiger partial charge in [-0.2, -0.15) is 5.10 Å². The number of halogens is 1. The Bertz CT molecular complexity index is 1680. The largest absolute Gasteiger partial charge is 0.325 e. The number of piperidine rings is 1. The zero-order chi connectivity index (χ0) is 28.3. The van der Waals surface area contributed by atoms with Crippen LogP contribution in [-0.2, 0) is 16.1 Å². The Balaban J connectivity index is 1.30. The molecule has 10 nitrogen and oxygen atoms in total. The van der Waals surface area contributed by atoms with Crippen molar-refractivity contribution in [2.45, 2.75) is 52.7 Å². The lowest BCUT2D eigenvalue weighted by Gasteiger charge is -2.28. The number of amides is 2. The highest BCUT2D eigenvalue weighted by molar-refractivity contribution is 9.10. The minimum Gasteiger partial charge on any atom is -0.325 e. The molecule has 1 saturated carbocycles. The number of nitrogens with one attached hydrogen (secondary N) is 1. The van der Waals surface area contributed by atoms with Gasteiger partial charge in [-0.15, -0.1) is 0 Å². The summed E-state index contributed by atoms with van der Waals surface area (Å²) < 4.78 is 2.18. The maximum atomic E-state index is 13.9. The number of carbonyl (C=O) groups is 3. The van der Waals surface area contributed by atoms with E-state index >= 15 is 0 Å². The second kappa shape index (κ2) is 9.58. The number of aryl methyl sites for hydroxylation is 1. The molecule has 0 radical (unpaired) electrons. The molecular formula is C29H28BrN7O3. The van der Waals surface area contributed by atoms with Gasteiger partial charge in [0.05, 0.1) is 5.52 Å². The molecule has 2 aliphatic rings. The standard InChI is InChI=1S/C29H28BrN7O3/c1-15-27-29(15,4)11-22(28(40)34-24-7-5-6-23(30)33-24)37(27)25(39)14-36-21-9-8-18(19-12-31-17(3)32-13-19)10-20(21)26(35-36)16(2)38/h5-10,12-13,15,22,27H,11,14H2,1-4H3,(H,33,34,40)/t15?,22-,27?,29+/m0/s1. The van der Waals surface area contributed by atoms with E-state index in [1.807, 2.05) is 25.1 Å². The number of anilines is 1. The fourth-order valence-electron chi connectivity index (χ4n) is 6.07. The predicted molar refractivity (Wildman–Crippen MR) is 152 cm³/mol. The molecule has 2 amide bonds. The summed E-state index contributed by atoms with van der Waals surface area (Å²) in [4.78, 5) is 54.3. The van der Waals surface area contributed by atoms with Crippen LogP contribution < -0.4 is 5.32 Å². The van der Waals surface area contributed by atoms with Crippen molar-refractivity contribution in [3.8, 4) is 11.1 Å². The fourth-order valence-corrected chi connectivity index (χ4v) is 6.41. The van der Waals surface area contributed by atoms with Crippen LogP contribution in [0.4, 0.5) is 5.82 Å². The van der Waals surface area contributed by atoms with Crippen LogP contribution in [0.2, 0.25) is 0 Å². The van der Waals surface area contributed by atoms with E-state index in [9.17, 15) is 14.4 Å². The monoisotopic (exact) mass is 601 g/mol. The number of pyridine rings is 1. The summed E-state index contributed by atoms with van der Waals surface area (Å²) >= 11 is 3.33. The van der Waals surface area contributed by atoms with Gasteiger partial charge in [0.2, 0.25) is 11.8 Å². The van der Waals surface area contributed by atoms with E-state index < -0.39 is 6.04 Å². The molecule has 3 aromatic heterocycles. The number of benzene rings is 1. The fraction of sp³-hybridized carbons (Fsp3) is 0.345. The van der Waals surface area contributed by atoms with Crippen molar-refractivity contribution in [3.05, 3.63) is 64.9 Å². The average Bonchev–Trinajstić information content (AvgIpc) is 3.20. The first-order valence-corrected chi connectivity index (χ1v) is 13.9. The summed E-state index contributed by atoms with van der Waals surface area (Å²) in [5.74, 6) is 0.700. The van der Waals surface area contributed by atoms with Crippen molar-refractivity contribution >= 4 is 50.2 Å². The van der Waals surface area contributed by atoms with Crippen LogP contribution >= 0.6 is 15.9 Å². The predicted octanol–water partition coefficient (Wildman–Crippen LogP) is 4.43. The molecule has 1 saturated heterocycles. The minimum absolute atomic E-state index is 0.0338. The SMILES string of the molecule is CC(=O)c1nn(CC(=O)N2C3C(C)[C@@]3(C)C[C@H]2C(=O)Nc2cccc(Br)n2)c2ccc(-c3cnc(C)nc3)cc12. The van der Waals surface area contributed by atoms with Crippen LogP contribution in [0, 0.1) is 18.3 Å². The Labute approximate surface area is 239 Å². The summed E-state index contributed by atoms with van der Waals surface area (Å²) in [6, 6.07) is 10.3. The van der Waals surface area contributed by atoms with Crippen molar-refractivity contribution in [1.82, 2.24) is 29.6 Å². The van der Waals surface area contributed by atoms with E-state index in [-0.39, 0.29) is 41.5 Å². The summed E-state index contributed by atoms with van der Waals surface area (Å²) in [5.41, 5.74) is 2.50. The second-order valence-corrected chi connectivity index (χ2v) is 11.7. The van der Waals surface area contributed by atoms with Crippen molar-refractivity contribution in [3.63, 3.8) is 0 Å². The molecule has 40 heavy (non-hydrogen) atoms. The first kappa shape index (κ1) is 26.2. The number of carbonyl (C=O) groups excluding carboxylic acids is 3. The van der Waals surface area contributed by atoms with E-state index in [0.717, 1.165) is 11.1 Å². The van der Waals surface area contributed by atoms with Gasteiger partial charge in [-0.25, -0.2) is 15.0 Å². The third-order valence-corrected chi connectivity index (χ3v) is 8.83. The number of ketones is 1. The van der Waals surface area contributed by atoms with Gasteiger partial charge in [0.15, 0.2) is 5.78 Å². The van der Waals surface area contributed by atoms with E-state index in [0.29, 0.717) is 39.3 Å². The van der Waals surface area contributed by atoms with Crippen LogP contribution in [0.15, 0.2) is 53.4 Å². The van der Waals surface area contributed by atoms with Gasteiger partial charge < -0.3 is 10.2 Å². The van der Waals surface area contributed by atoms with Crippen LogP contribution in [0.25, 0.3) is 22.0 Å². The summed E-state index contributed by atoms with van der Waals surface area (Å²) in [7, 11) is 0. The molecule has 6 rings (SSSR count). The van der Waals surface area contributed by atoms with Crippen LogP contribution in [0.5, 0.6) is 0 Å². The van der Waals surface area contributed by atoms with Crippen LogP contribution in [-0.4, -0.2) is 59.3 Å². The molecule has 4 heterocycles. The Morgan fingerprint density at radius 3 is 2.58 bits per heavy atom. The number of fused-ring (bicyclic) bond motifs is 2. The van der Waals surface area contributed by atoms with Gasteiger partial charge in [-0.05, 0) is 70.4 Å². The zero-order valence-corrected chi connectivity index (χ0v) is 24.1. The third kappa shape index (κ3) is 4.38. The van der Waals surface area contributed by atoms with Gasteiger partial charge in [-0.3, -0.25) is 19.1 Å². The average molecular weight is 602 g/mol. The Kier molecular flexibility index (Phi) is 6.29. The lowest BCUT2D eigenvalue weighted by Crippen LogP contribution is -2.47. The van der Waals surface area contributed by atoms with Gasteiger partial charge in [0.1, 0.15) is 34.5 Å². The highest BCUT2D eigenvalue weighted by Gasteiger charge is 2.70. The minimum atomic E-state index is -0.623. The quantitative estimate of drug-likeness (QED) is 0.256. The number of rotatable bonds is 6. The highest BCUT2D eigenvalue weighted by Crippen LogP contribution is 2.64. The zero-order valence-electron chi connectivity index (χ0n) is 22.6. The molecule has 2 unspecified atom stereocenters. The molecule has 2 fully saturated rings. The van der Waals surface area contributed by atoms with E-state index in [4.69, 9.17) is 0 Å². The first-order valence-electron chi connectivity index (χ1n) is 13.1. The topological polar surface area (TPSA) is 123 Å². The smallest absolute Gasteiger partial charge is 0.248 e. The van der Waals surface area contributed by atoms with Crippen LogP contribution in [0.1, 0.15) is 43.5 Å². The van der Waals surface area contributed by atoms with Crippen molar-refractivity contribution in [2.75, 3.05) is 5.32 Å². The normalized spacial score (nSPS) is 23.2. The highest BCUT2D eigenvalue weighted by atomic mass is 79.9. The number of hydrogen-bond acceptors (Lipinski definition) is 7. The molecule has 11 heteroatoms. The Hall–Kier alpha value is -3.99. The maximum absolute atomic E-state index is 13.9. The number of hydrogen-bond donors (Lipinski definition) is 1. The van der Waals surface area contributed by atoms with Gasteiger partial charge in [-0.1, -0.05) is 26.0 Å². The van der Waals surface area contributed by atoms with E-state index in [2.05, 4.69) is 55.1 Å². The van der Waals surface area contributed by atoms with Gasteiger partial charge in [0, 0.05) is 36.3 Å². The molecule has 1 aliphatic heterocycles. The van der Waals surface area contributed by atoms with Crippen molar-refractivity contribution in [1.29, 1.82) is 0 Å². The Morgan fingerprint density at radius 2 is 1.88 bits per heavy atom. The number of Topliss-reactive ketones (excluding diaryl/α,β-unsaturated/α-hetero) is 1. The molecule has 4 atom stereocenters. The number of likely N-dealkylation sites (tertiary alicyclic amines) is 1. The molecule has 1 aliphatic carbocycles. The van der Waals surface area contributed by atoms with E-state index in [1.54, 1.807) is 40.2 Å². The first-order chi connectivity index (χ1) is 19.1. The lowest BCUT2D eigenvalue weighted by molar-refractivity contribution is -0.138. The molecular weight excluding hydrogens is 574 g/mol. The van der Waals surface area contributed by atoms with Crippen molar-refractivity contribution in [2.24, 2.45) is 11.3 Å².